The maximum Gasteiger partial charge on any atom is 0.241 e. The SMILES string of the molecule is CC(NS(=O)(=O)c1cccc(S(N)(=O)=O)c1)c1cc2ccccc2o1. The molecule has 1 heterocycles. The molecule has 3 rings (SSSR count). The van der Waals surface area contributed by atoms with Gasteiger partial charge in [-0.25, -0.2) is 26.7 Å². The van der Waals surface area contributed by atoms with Crippen LogP contribution in [-0.4, -0.2) is 16.8 Å². The van der Waals surface area contributed by atoms with Gasteiger partial charge in [0.1, 0.15) is 11.3 Å². The van der Waals surface area contributed by atoms with Crippen molar-refractivity contribution in [1.29, 1.82) is 0 Å². The molecule has 1 atom stereocenters. The number of primary sulfonamides is 1. The van der Waals surface area contributed by atoms with Gasteiger partial charge in [-0.2, -0.15) is 0 Å². The van der Waals surface area contributed by atoms with Crippen molar-refractivity contribution in [3.63, 3.8) is 0 Å². The van der Waals surface area contributed by atoms with Gasteiger partial charge in [-0.15, -0.1) is 0 Å². The van der Waals surface area contributed by atoms with Gasteiger partial charge in [-0.3, -0.25) is 0 Å². The summed E-state index contributed by atoms with van der Waals surface area (Å²) in [5.41, 5.74) is 0.653. The Morgan fingerprint density at radius 1 is 0.960 bits per heavy atom. The van der Waals surface area contributed by atoms with Crippen molar-refractivity contribution in [3.8, 4) is 0 Å². The van der Waals surface area contributed by atoms with E-state index >= 15 is 0 Å². The van der Waals surface area contributed by atoms with E-state index in [-0.39, 0.29) is 9.79 Å². The standard InChI is InChI=1S/C16H16N2O5S2/c1-11(16-9-12-5-2-3-8-15(12)23-16)18-25(21,22)14-7-4-6-13(10-14)24(17,19)20/h2-11,18H,1H3,(H2,17,19,20). The van der Waals surface area contributed by atoms with E-state index in [0.29, 0.717) is 11.3 Å². The molecule has 0 saturated carbocycles. The van der Waals surface area contributed by atoms with Crippen molar-refractivity contribution in [2.75, 3.05) is 0 Å². The Kier molecular flexibility index (Phi) is 4.41. The molecule has 9 heteroatoms. The molecule has 0 bridgehead atoms. The number of para-hydroxylation sites is 1. The van der Waals surface area contributed by atoms with Crippen LogP contribution in [0.3, 0.4) is 0 Å². The summed E-state index contributed by atoms with van der Waals surface area (Å²) in [6, 6.07) is 13.3. The zero-order chi connectivity index (χ0) is 18.2. The number of hydrogen-bond donors (Lipinski definition) is 2. The van der Waals surface area contributed by atoms with E-state index in [1.54, 1.807) is 19.1 Å². The predicted octanol–water partition coefficient (Wildman–Crippen LogP) is 2.12. The monoisotopic (exact) mass is 380 g/mol. The van der Waals surface area contributed by atoms with Crippen LogP contribution in [-0.2, 0) is 20.0 Å². The molecule has 1 unspecified atom stereocenters. The molecule has 0 saturated heterocycles. The van der Waals surface area contributed by atoms with E-state index in [9.17, 15) is 16.8 Å². The van der Waals surface area contributed by atoms with Gasteiger partial charge in [0.05, 0.1) is 15.8 Å². The zero-order valence-corrected chi connectivity index (χ0v) is 14.8. The number of fused-ring (bicyclic) bond motifs is 1. The van der Waals surface area contributed by atoms with E-state index in [0.717, 1.165) is 11.5 Å². The number of furan rings is 1. The van der Waals surface area contributed by atoms with E-state index in [2.05, 4.69) is 4.72 Å². The quantitative estimate of drug-likeness (QED) is 0.702. The van der Waals surface area contributed by atoms with Gasteiger partial charge in [-0.05, 0) is 37.3 Å². The summed E-state index contributed by atoms with van der Waals surface area (Å²) in [6.07, 6.45) is 0. The second kappa shape index (κ2) is 6.26. The minimum absolute atomic E-state index is 0.193. The van der Waals surface area contributed by atoms with Crippen molar-refractivity contribution in [3.05, 3.63) is 60.4 Å². The fourth-order valence-corrected chi connectivity index (χ4v) is 4.28. The zero-order valence-electron chi connectivity index (χ0n) is 13.2. The predicted molar refractivity (Wildman–Crippen MR) is 92.8 cm³/mol. The first-order valence-electron chi connectivity index (χ1n) is 7.30. The van der Waals surface area contributed by atoms with Crippen LogP contribution >= 0.6 is 0 Å². The van der Waals surface area contributed by atoms with E-state index in [4.69, 9.17) is 9.56 Å². The Bertz CT molecular complexity index is 1100. The molecule has 0 radical (unpaired) electrons. The van der Waals surface area contributed by atoms with Crippen LogP contribution in [0.15, 0.2) is 68.8 Å². The van der Waals surface area contributed by atoms with E-state index < -0.39 is 26.1 Å². The Morgan fingerprint density at radius 2 is 1.64 bits per heavy atom. The van der Waals surface area contributed by atoms with Crippen molar-refractivity contribution in [1.82, 2.24) is 4.72 Å². The summed E-state index contributed by atoms with van der Waals surface area (Å²) in [5.74, 6) is 0.451. The highest BCUT2D eigenvalue weighted by atomic mass is 32.2. The van der Waals surface area contributed by atoms with Crippen molar-refractivity contribution in [2.45, 2.75) is 22.8 Å². The summed E-state index contributed by atoms with van der Waals surface area (Å²) in [7, 11) is -7.95. The molecule has 7 nitrogen and oxygen atoms in total. The van der Waals surface area contributed by atoms with Crippen molar-refractivity contribution >= 4 is 31.0 Å². The molecule has 3 N–H and O–H groups in total. The molecule has 0 aliphatic carbocycles. The Morgan fingerprint density at radius 3 is 2.32 bits per heavy atom. The minimum atomic E-state index is -3.99. The largest absolute Gasteiger partial charge is 0.459 e. The highest BCUT2D eigenvalue weighted by molar-refractivity contribution is 7.90. The first-order chi connectivity index (χ1) is 11.7. The maximum atomic E-state index is 12.5. The second-order valence-corrected chi connectivity index (χ2v) is 8.82. The molecular weight excluding hydrogens is 364 g/mol. The average Bonchev–Trinajstić information content (AvgIpc) is 2.98. The number of benzene rings is 2. The van der Waals surface area contributed by atoms with Crippen LogP contribution in [0.4, 0.5) is 0 Å². The average molecular weight is 380 g/mol. The Balaban J connectivity index is 1.90. The van der Waals surface area contributed by atoms with Gasteiger partial charge in [0.2, 0.25) is 20.0 Å². The molecule has 2 aromatic carbocycles. The van der Waals surface area contributed by atoms with Gasteiger partial charge in [0.25, 0.3) is 0 Å². The highest BCUT2D eigenvalue weighted by Crippen LogP contribution is 2.25. The summed E-state index contributed by atoms with van der Waals surface area (Å²) in [4.78, 5) is -0.464. The molecule has 0 aliphatic rings. The molecule has 0 spiro atoms. The molecule has 0 aliphatic heterocycles. The molecular formula is C16H16N2O5S2. The lowest BCUT2D eigenvalue weighted by Crippen LogP contribution is -2.27. The van der Waals surface area contributed by atoms with Gasteiger partial charge in [0.15, 0.2) is 0 Å². The number of nitrogens with two attached hydrogens (primary N) is 1. The molecule has 0 amide bonds. The van der Waals surface area contributed by atoms with Crippen molar-refractivity contribution in [2.24, 2.45) is 5.14 Å². The lowest BCUT2D eigenvalue weighted by atomic mass is 10.2. The van der Waals surface area contributed by atoms with Crippen LogP contribution < -0.4 is 9.86 Å². The third-order valence-corrected chi connectivity index (χ3v) is 6.10. The van der Waals surface area contributed by atoms with Crippen LogP contribution in [0.2, 0.25) is 0 Å². The smallest absolute Gasteiger partial charge is 0.241 e. The minimum Gasteiger partial charge on any atom is -0.459 e. The number of nitrogens with one attached hydrogen (secondary N) is 1. The third kappa shape index (κ3) is 3.74. The first kappa shape index (κ1) is 17.6. The lowest BCUT2D eigenvalue weighted by Gasteiger charge is -2.12. The lowest BCUT2D eigenvalue weighted by molar-refractivity contribution is 0.484. The summed E-state index contributed by atoms with van der Waals surface area (Å²) < 4.78 is 56.0. The number of rotatable bonds is 5. The van der Waals surface area contributed by atoms with Gasteiger partial charge in [-0.1, -0.05) is 24.3 Å². The van der Waals surface area contributed by atoms with Crippen LogP contribution in [0.1, 0.15) is 18.7 Å². The fraction of sp³-hybridized carbons (Fsp3) is 0.125. The maximum absolute atomic E-state index is 12.5. The third-order valence-electron chi connectivity index (χ3n) is 3.65. The summed E-state index contributed by atoms with van der Waals surface area (Å²) >= 11 is 0. The molecule has 132 valence electrons. The Labute approximate surface area is 145 Å². The van der Waals surface area contributed by atoms with E-state index in [1.165, 1.54) is 18.2 Å². The number of hydrogen-bond acceptors (Lipinski definition) is 5. The second-order valence-electron chi connectivity index (χ2n) is 5.55. The fourth-order valence-electron chi connectivity index (χ4n) is 2.39. The molecule has 3 aromatic rings. The van der Waals surface area contributed by atoms with Gasteiger partial charge < -0.3 is 4.42 Å². The summed E-state index contributed by atoms with van der Waals surface area (Å²) in [6.45, 7) is 1.64. The van der Waals surface area contributed by atoms with Crippen LogP contribution in [0.25, 0.3) is 11.0 Å². The van der Waals surface area contributed by atoms with Crippen LogP contribution in [0.5, 0.6) is 0 Å². The summed E-state index contributed by atoms with van der Waals surface area (Å²) in [5, 5.41) is 5.91. The molecule has 25 heavy (non-hydrogen) atoms. The van der Waals surface area contributed by atoms with Gasteiger partial charge in [0, 0.05) is 5.39 Å². The van der Waals surface area contributed by atoms with Crippen LogP contribution in [0, 0.1) is 0 Å². The first-order valence-corrected chi connectivity index (χ1v) is 10.3. The van der Waals surface area contributed by atoms with E-state index in [1.807, 2.05) is 18.2 Å². The normalized spacial score (nSPS) is 13.8. The topological polar surface area (TPSA) is 119 Å². The molecule has 0 fully saturated rings. The number of sulfonamides is 2. The Hall–Kier alpha value is -2.20. The highest BCUT2D eigenvalue weighted by Gasteiger charge is 2.22. The molecule has 1 aromatic heterocycles. The van der Waals surface area contributed by atoms with Crippen molar-refractivity contribution < 1.29 is 21.3 Å². The van der Waals surface area contributed by atoms with Gasteiger partial charge >= 0.3 is 0 Å².